The van der Waals surface area contributed by atoms with Crippen LogP contribution in [0.1, 0.15) is 25.3 Å². The number of rotatable bonds is 7. The van der Waals surface area contributed by atoms with Crippen LogP contribution in [0.5, 0.6) is 5.75 Å². The summed E-state index contributed by atoms with van der Waals surface area (Å²) in [5, 5.41) is 2.73. The van der Waals surface area contributed by atoms with Crippen LogP contribution in [-0.2, 0) is 21.3 Å². The number of oxazole rings is 1. The van der Waals surface area contributed by atoms with E-state index in [1.165, 1.54) is 0 Å². The van der Waals surface area contributed by atoms with Gasteiger partial charge in [0.25, 0.3) is 0 Å². The first-order chi connectivity index (χ1) is 11.4. The first-order valence-electron chi connectivity index (χ1n) is 7.64. The number of carbonyl (C=O) groups is 1. The molecule has 2 aromatic rings. The molecule has 130 valence electrons. The quantitative estimate of drug-likeness (QED) is 0.829. The van der Waals surface area contributed by atoms with E-state index < -0.39 is 10.8 Å². The molecular weight excluding hydrogens is 328 g/mol. The molecule has 0 bridgehead atoms. The fraction of sp³-hybridized carbons (Fsp3) is 0.412. The standard InChI is InChI=1S/C17H22N2O4S/c1-11(2)18-16(20)10-24(21)9-15-12(3)23-17(19-15)13-6-5-7-14(8-13)22-4/h5-8,11H,9-10H2,1-4H3,(H,18,20). The first-order valence-corrected chi connectivity index (χ1v) is 9.13. The molecule has 24 heavy (non-hydrogen) atoms. The lowest BCUT2D eigenvalue weighted by Gasteiger charge is -2.07. The van der Waals surface area contributed by atoms with Crippen LogP contribution in [0, 0.1) is 6.92 Å². The molecule has 1 aromatic carbocycles. The van der Waals surface area contributed by atoms with Crippen molar-refractivity contribution in [1.82, 2.24) is 10.3 Å². The molecule has 1 heterocycles. The van der Waals surface area contributed by atoms with Crippen molar-refractivity contribution in [3.05, 3.63) is 35.7 Å². The third-order valence-corrected chi connectivity index (χ3v) is 4.43. The van der Waals surface area contributed by atoms with Gasteiger partial charge in [0.15, 0.2) is 0 Å². The summed E-state index contributed by atoms with van der Waals surface area (Å²) in [7, 11) is 0.258. The molecule has 0 radical (unpaired) electrons. The molecule has 0 fully saturated rings. The predicted octanol–water partition coefficient (Wildman–Crippen LogP) is 2.43. The van der Waals surface area contributed by atoms with E-state index in [0.29, 0.717) is 23.1 Å². The van der Waals surface area contributed by atoms with Crippen LogP contribution in [-0.4, -0.2) is 34.0 Å². The highest BCUT2D eigenvalue weighted by molar-refractivity contribution is 7.84. The van der Waals surface area contributed by atoms with Crippen LogP contribution in [0.15, 0.2) is 28.7 Å². The van der Waals surface area contributed by atoms with Gasteiger partial charge in [0.05, 0.1) is 18.6 Å². The third kappa shape index (κ3) is 4.92. The van der Waals surface area contributed by atoms with Gasteiger partial charge in [-0.05, 0) is 39.0 Å². The Morgan fingerprint density at radius 3 is 2.83 bits per heavy atom. The van der Waals surface area contributed by atoms with Gasteiger partial charge in [-0.25, -0.2) is 4.98 Å². The summed E-state index contributed by atoms with van der Waals surface area (Å²) in [5.41, 5.74) is 1.38. The number of methoxy groups -OCH3 is 1. The highest BCUT2D eigenvalue weighted by Crippen LogP contribution is 2.25. The number of hydrogen-bond acceptors (Lipinski definition) is 5. The van der Waals surface area contributed by atoms with E-state index in [1.54, 1.807) is 14.0 Å². The molecule has 6 nitrogen and oxygen atoms in total. The van der Waals surface area contributed by atoms with Gasteiger partial charge in [0.1, 0.15) is 17.3 Å². The minimum absolute atomic E-state index is 0.0305. The van der Waals surface area contributed by atoms with Crippen LogP contribution in [0.25, 0.3) is 11.5 Å². The molecule has 0 saturated heterocycles. The topological polar surface area (TPSA) is 81.4 Å². The molecule has 1 amide bonds. The molecule has 1 atom stereocenters. The van der Waals surface area contributed by atoms with E-state index in [-0.39, 0.29) is 23.5 Å². The summed E-state index contributed by atoms with van der Waals surface area (Å²) in [6.45, 7) is 5.50. The summed E-state index contributed by atoms with van der Waals surface area (Å²) in [5.74, 6) is 1.68. The van der Waals surface area contributed by atoms with Crippen LogP contribution in [0.4, 0.5) is 0 Å². The molecule has 1 unspecified atom stereocenters. The molecule has 0 saturated carbocycles. The number of aryl methyl sites for hydroxylation is 1. The molecule has 1 aromatic heterocycles. The average Bonchev–Trinajstić information content (AvgIpc) is 2.87. The number of benzene rings is 1. The van der Waals surface area contributed by atoms with Crippen molar-refractivity contribution >= 4 is 16.7 Å². The van der Waals surface area contributed by atoms with Gasteiger partial charge in [0.2, 0.25) is 11.8 Å². The lowest BCUT2D eigenvalue weighted by Crippen LogP contribution is -2.34. The number of amides is 1. The number of ether oxygens (including phenoxy) is 1. The Kier molecular flexibility index (Phi) is 6.14. The fourth-order valence-corrected chi connectivity index (χ4v) is 3.21. The summed E-state index contributed by atoms with van der Waals surface area (Å²) in [6.07, 6.45) is 0. The zero-order valence-electron chi connectivity index (χ0n) is 14.3. The van der Waals surface area contributed by atoms with Gasteiger partial charge in [-0.3, -0.25) is 9.00 Å². The summed E-state index contributed by atoms with van der Waals surface area (Å²) >= 11 is 0. The van der Waals surface area contributed by atoms with Crippen LogP contribution >= 0.6 is 0 Å². The van der Waals surface area contributed by atoms with Crippen LogP contribution in [0.3, 0.4) is 0 Å². The Morgan fingerprint density at radius 1 is 1.42 bits per heavy atom. The fourth-order valence-electron chi connectivity index (χ4n) is 2.15. The van der Waals surface area contributed by atoms with E-state index in [2.05, 4.69) is 10.3 Å². The van der Waals surface area contributed by atoms with Gasteiger partial charge < -0.3 is 14.5 Å². The zero-order valence-corrected chi connectivity index (χ0v) is 15.1. The summed E-state index contributed by atoms with van der Waals surface area (Å²) in [4.78, 5) is 16.1. The second kappa shape index (κ2) is 8.10. The Bertz CT molecular complexity index is 740. The Morgan fingerprint density at radius 2 is 2.17 bits per heavy atom. The second-order valence-electron chi connectivity index (χ2n) is 5.70. The molecule has 0 aliphatic rings. The van der Waals surface area contributed by atoms with E-state index in [9.17, 15) is 9.00 Å². The minimum Gasteiger partial charge on any atom is -0.497 e. The molecule has 0 aliphatic carbocycles. The van der Waals surface area contributed by atoms with Crippen molar-refractivity contribution in [1.29, 1.82) is 0 Å². The van der Waals surface area contributed by atoms with Crippen molar-refractivity contribution in [2.75, 3.05) is 12.9 Å². The van der Waals surface area contributed by atoms with E-state index in [4.69, 9.17) is 9.15 Å². The Balaban J connectivity index is 2.08. The predicted molar refractivity (Wildman–Crippen MR) is 93.2 cm³/mol. The van der Waals surface area contributed by atoms with Crippen molar-refractivity contribution in [3.63, 3.8) is 0 Å². The van der Waals surface area contributed by atoms with Gasteiger partial charge in [-0.2, -0.15) is 0 Å². The lowest BCUT2D eigenvalue weighted by atomic mass is 10.2. The lowest BCUT2D eigenvalue weighted by molar-refractivity contribution is -0.119. The van der Waals surface area contributed by atoms with Crippen LogP contribution in [0.2, 0.25) is 0 Å². The summed E-state index contributed by atoms with van der Waals surface area (Å²) < 4.78 is 23.0. The number of nitrogens with zero attached hydrogens (tertiary/aromatic N) is 1. The number of hydrogen-bond donors (Lipinski definition) is 1. The van der Waals surface area contributed by atoms with E-state index >= 15 is 0 Å². The molecule has 0 aliphatic heterocycles. The molecule has 7 heteroatoms. The van der Waals surface area contributed by atoms with Gasteiger partial charge in [-0.15, -0.1) is 0 Å². The molecule has 0 spiro atoms. The van der Waals surface area contributed by atoms with Gasteiger partial charge >= 0.3 is 0 Å². The minimum atomic E-state index is -1.34. The highest BCUT2D eigenvalue weighted by atomic mass is 32.2. The van der Waals surface area contributed by atoms with E-state index in [1.807, 2.05) is 38.1 Å². The number of carbonyl (C=O) groups excluding carboxylic acids is 1. The Labute approximate surface area is 144 Å². The third-order valence-electron chi connectivity index (χ3n) is 3.25. The normalized spacial score (nSPS) is 12.2. The SMILES string of the molecule is COc1cccc(-c2nc(CS(=O)CC(=O)NC(C)C)c(C)o2)c1. The summed E-state index contributed by atoms with van der Waals surface area (Å²) in [6, 6.07) is 7.40. The second-order valence-corrected chi connectivity index (χ2v) is 7.16. The van der Waals surface area contributed by atoms with Crippen LogP contribution < -0.4 is 10.1 Å². The monoisotopic (exact) mass is 350 g/mol. The maximum Gasteiger partial charge on any atom is 0.232 e. The molecule has 2 rings (SSSR count). The zero-order chi connectivity index (χ0) is 17.7. The smallest absolute Gasteiger partial charge is 0.232 e. The van der Waals surface area contributed by atoms with Gasteiger partial charge in [0, 0.05) is 22.4 Å². The average molecular weight is 350 g/mol. The molecule has 1 N–H and O–H groups in total. The van der Waals surface area contributed by atoms with Crippen molar-refractivity contribution in [2.45, 2.75) is 32.6 Å². The first kappa shape index (κ1) is 18.2. The van der Waals surface area contributed by atoms with Crippen molar-refractivity contribution < 1.29 is 18.2 Å². The van der Waals surface area contributed by atoms with Crippen molar-refractivity contribution in [3.8, 4) is 17.2 Å². The largest absolute Gasteiger partial charge is 0.497 e. The van der Waals surface area contributed by atoms with Gasteiger partial charge in [-0.1, -0.05) is 6.07 Å². The highest BCUT2D eigenvalue weighted by Gasteiger charge is 2.16. The van der Waals surface area contributed by atoms with Crippen molar-refractivity contribution in [2.24, 2.45) is 0 Å². The maximum atomic E-state index is 12.2. The van der Waals surface area contributed by atoms with E-state index in [0.717, 1.165) is 5.56 Å². The number of nitrogens with one attached hydrogen (secondary N) is 1. The molecular formula is C17H22N2O4S. The Hall–Kier alpha value is -2.15. The maximum absolute atomic E-state index is 12.2. The number of aromatic nitrogens is 1.